The van der Waals surface area contributed by atoms with E-state index in [1.54, 1.807) is 4.90 Å². The third-order valence-electron chi connectivity index (χ3n) is 4.46. The molecule has 0 aliphatic heterocycles. The fourth-order valence-electron chi connectivity index (χ4n) is 2.99. The van der Waals surface area contributed by atoms with Gasteiger partial charge >= 0.3 is 0 Å². The maximum absolute atomic E-state index is 12.4. The lowest BCUT2D eigenvalue weighted by Gasteiger charge is -2.21. The molecule has 0 atom stereocenters. The fourth-order valence-corrected chi connectivity index (χ4v) is 2.99. The predicted molar refractivity (Wildman–Crippen MR) is 101 cm³/mol. The first-order chi connectivity index (χ1) is 11.8. The van der Waals surface area contributed by atoms with Crippen LogP contribution in [0.15, 0.2) is 30.3 Å². The van der Waals surface area contributed by atoms with Gasteiger partial charge in [-0.1, -0.05) is 82.9 Å². The van der Waals surface area contributed by atoms with Gasteiger partial charge in [-0.2, -0.15) is 0 Å². The van der Waals surface area contributed by atoms with Crippen molar-refractivity contribution < 1.29 is 9.90 Å². The summed E-state index contributed by atoms with van der Waals surface area (Å²) in [5, 5.41) is 9.20. The van der Waals surface area contributed by atoms with Gasteiger partial charge in [-0.25, -0.2) is 0 Å². The topological polar surface area (TPSA) is 40.5 Å². The molecule has 136 valence electrons. The van der Waals surface area contributed by atoms with Gasteiger partial charge in [0.15, 0.2) is 0 Å². The molecule has 1 aromatic carbocycles. The molecule has 0 aromatic heterocycles. The Morgan fingerprint density at radius 2 is 1.38 bits per heavy atom. The molecule has 0 fully saturated rings. The van der Waals surface area contributed by atoms with Crippen LogP contribution in [0.4, 0.5) is 0 Å². The first-order valence-electron chi connectivity index (χ1n) is 9.74. The Labute approximate surface area is 148 Å². The molecule has 1 rings (SSSR count). The molecular weight excluding hydrogens is 298 g/mol. The number of aliphatic hydroxyl groups is 1. The molecule has 1 aromatic rings. The van der Waals surface area contributed by atoms with E-state index in [-0.39, 0.29) is 12.5 Å². The Hall–Kier alpha value is -1.35. The van der Waals surface area contributed by atoms with Crippen molar-refractivity contribution in [3.63, 3.8) is 0 Å². The van der Waals surface area contributed by atoms with Gasteiger partial charge in [0.1, 0.15) is 0 Å². The number of benzene rings is 1. The van der Waals surface area contributed by atoms with Crippen molar-refractivity contribution in [1.29, 1.82) is 0 Å². The molecule has 3 nitrogen and oxygen atoms in total. The van der Waals surface area contributed by atoms with Crippen LogP contribution in [-0.4, -0.2) is 35.6 Å². The van der Waals surface area contributed by atoms with Crippen LogP contribution in [0.2, 0.25) is 0 Å². The van der Waals surface area contributed by atoms with E-state index in [1.807, 2.05) is 30.3 Å². The monoisotopic (exact) mass is 333 g/mol. The minimum atomic E-state index is 0.0241. The van der Waals surface area contributed by atoms with Crippen LogP contribution in [0.1, 0.15) is 81.5 Å². The van der Waals surface area contributed by atoms with Crippen molar-refractivity contribution in [2.75, 3.05) is 19.7 Å². The summed E-state index contributed by atoms with van der Waals surface area (Å²) in [5.74, 6) is 0.0283. The molecule has 1 N–H and O–H groups in total. The maximum atomic E-state index is 12.4. The Balaban J connectivity index is 2.15. The van der Waals surface area contributed by atoms with Crippen LogP contribution < -0.4 is 0 Å². The van der Waals surface area contributed by atoms with Crippen molar-refractivity contribution in [1.82, 2.24) is 4.90 Å². The van der Waals surface area contributed by atoms with Crippen LogP contribution in [0.5, 0.6) is 0 Å². The highest BCUT2D eigenvalue weighted by atomic mass is 16.3. The molecule has 3 heteroatoms. The molecule has 0 saturated carbocycles. The minimum Gasteiger partial charge on any atom is -0.395 e. The van der Waals surface area contributed by atoms with Crippen LogP contribution >= 0.6 is 0 Å². The van der Waals surface area contributed by atoms with Crippen molar-refractivity contribution in [3.8, 4) is 0 Å². The normalized spacial score (nSPS) is 10.8. The molecule has 0 spiro atoms. The number of carbonyl (C=O) groups excluding carboxylic acids is 1. The summed E-state index contributed by atoms with van der Waals surface area (Å²) in [6, 6.07) is 9.35. The maximum Gasteiger partial charge on any atom is 0.253 e. The lowest BCUT2D eigenvalue weighted by molar-refractivity contribution is 0.0718. The third kappa shape index (κ3) is 9.07. The van der Waals surface area contributed by atoms with E-state index in [0.29, 0.717) is 12.1 Å². The second-order valence-electron chi connectivity index (χ2n) is 6.56. The first-order valence-corrected chi connectivity index (χ1v) is 9.74. The summed E-state index contributed by atoms with van der Waals surface area (Å²) in [4.78, 5) is 14.2. The van der Waals surface area contributed by atoms with Gasteiger partial charge in [0.05, 0.1) is 6.61 Å². The summed E-state index contributed by atoms with van der Waals surface area (Å²) >= 11 is 0. The minimum absolute atomic E-state index is 0.0241. The SMILES string of the molecule is CCCCCCCCCCCCN(CCO)C(=O)c1ccccc1. The average Bonchev–Trinajstić information content (AvgIpc) is 2.62. The second-order valence-corrected chi connectivity index (χ2v) is 6.56. The number of nitrogens with zero attached hydrogens (tertiary/aromatic N) is 1. The van der Waals surface area contributed by atoms with Crippen molar-refractivity contribution in [3.05, 3.63) is 35.9 Å². The Morgan fingerprint density at radius 1 is 0.833 bits per heavy atom. The van der Waals surface area contributed by atoms with Gasteiger partial charge in [-0.15, -0.1) is 0 Å². The molecule has 0 aliphatic rings. The first kappa shape index (κ1) is 20.7. The summed E-state index contributed by atoms with van der Waals surface area (Å²) in [6.45, 7) is 3.44. The van der Waals surface area contributed by atoms with Crippen molar-refractivity contribution in [2.45, 2.75) is 71.1 Å². The highest BCUT2D eigenvalue weighted by molar-refractivity contribution is 5.94. The zero-order valence-corrected chi connectivity index (χ0v) is 15.4. The zero-order chi connectivity index (χ0) is 17.5. The van der Waals surface area contributed by atoms with E-state index >= 15 is 0 Å². The van der Waals surface area contributed by atoms with Gasteiger partial charge in [0, 0.05) is 18.7 Å². The molecule has 0 radical (unpaired) electrons. The third-order valence-corrected chi connectivity index (χ3v) is 4.46. The predicted octanol–water partition coefficient (Wildman–Crippen LogP) is 5.04. The highest BCUT2D eigenvalue weighted by Gasteiger charge is 2.14. The van der Waals surface area contributed by atoms with Crippen LogP contribution in [0.3, 0.4) is 0 Å². The Kier molecular flexibility index (Phi) is 12.1. The molecule has 0 saturated heterocycles. The molecule has 0 bridgehead atoms. The van der Waals surface area contributed by atoms with Crippen molar-refractivity contribution >= 4 is 5.91 Å². The molecule has 0 aliphatic carbocycles. The van der Waals surface area contributed by atoms with E-state index in [0.717, 1.165) is 13.0 Å². The van der Waals surface area contributed by atoms with Crippen LogP contribution in [0.25, 0.3) is 0 Å². The smallest absolute Gasteiger partial charge is 0.253 e. The zero-order valence-electron chi connectivity index (χ0n) is 15.4. The number of amides is 1. The van der Waals surface area contributed by atoms with Gasteiger partial charge in [0.25, 0.3) is 5.91 Å². The lowest BCUT2D eigenvalue weighted by Crippen LogP contribution is -2.34. The van der Waals surface area contributed by atoms with E-state index < -0.39 is 0 Å². The molecule has 1 amide bonds. The summed E-state index contributed by atoms with van der Waals surface area (Å²) in [6.07, 6.45) is 12.9. The highest BCUT2D eigenvalue weighted by Crippen LogP contribution is 2.11. The summed E-state index contributed by atoms with van der Waals surface area (Å²) in [7, 11) is 0. The van der Waals surface area contributed by atoms with Gasteiger partial charge < -0.3 is 10.0 Å². The van der Waals surface area contributed by atoms with Crippen molar-refractivity contribution in [2.24, 2.45) is 0 Å². The number of rotatable bonds is 14. The fraction of sp³-hybridized carbons (Fsp3) is 0.667. The number of carbonyl (C=O) groups is 1. The Morgan fingerprint density at radius 3 is 1.92 bits per heavy atom. The standard InChI is InChI=1S/C21H35NO2/c1-2-3-4-5-6-7-8-9-10-14-17-22(18-19-23)21(24)20-15-12-11-13-16-20/h11-13,15-16,23H,2-10,14,17-19H2,1H3. The van der Waals surface area contributed by atoms with Gasteiger partial charge in [0.2, 0.25) is 0 Å². The van der Waals surface area contributed by atoms with Gasteiger partial charge in [-0.05, 0) is 18.6 Å². The molecule has 0 heterocycles. The summed E-state index contributed by atoms with van der Waals surface area (Å²) < 4.78 is 0. The summed E-state index contributed by atoms with van der Waals surface area (Å²) in [5.41, 5.74) is 0.707. The second kappa shape index (κ2) is 14.0. The molecule has 24 heavy (non-hydrogen) atoms. The largest absolute Gasteiger partial charge is 0.395 e. The molecular formula is C21H35NO2. The van der Waals surface area contributed by atoms with Gasteiger partial charge in [-0.3, -0.25) is 4.79 Å². The van der Waals surface area contributed by atoms with E-state index in [2.05, 4.69) is 6.92 Å². The van der Waals surface area contributed by atoms with E-state index in [9.17, 15) is 9.90 Å². The van der Waals surface area contributed by atoms with Crippen LogP contribution in [-0.2, 0) is 0 Å². The molecule has 0 unspecified atom stereocenters. The van der Waals surface area contributed by atoms with E-state index in [1.165, 1.54) is 57.8 Å². The average molecular weight is 334 g/mol. The number of aliphatic hydroxyl groups excluding tert-OH is 1. The quantitative estimate of drug-likeness (QED) is 0.484. The number of hydrogen-bond donors (Lipinski definition) is 1. The van der Waals surface area contributed by atoms with Crippen LogP contribution in [0, 0.1) is 0 Å². The lowest BCUT2D eigenvalue weighted by atomic mass is 10.1. The van der Waals surface area contributed by atoms with E-state index in [4.69, 9.17) is 0 Å². The number of unbranched alkanes of at least 4 members (excludes halogenated alkanes) is 9. The number of hydrogen-bond acceptors (Lipinski definition) is 2. The Bertz CT molecular complexity index is 419.